The van der Waals surface area contributed by atoms with Gasteiger partial charge in [-0.1, -0.05) is 12.1 Å². The Bertz CT molecular complexity index is 714. The highest BCUT2D eigenvalue weighted by atomic mass is 32.2. The van der Waals surface area contributed by atoms with E-state index in [9.17, 15) is 8.42 Å². The topological polar surface area (TPSA) is 87.2 Å². The third-order valence-corrected chi connectivity index (χ3v) is 4.10. The molecule has 0 aliphatic rings. The second-order valence-corrected chi connectivity index (χ2v) is 6.57. The Labute approximate surface area is 124 Å². The fourth-order valence-electron chi connectivity index (χ4n) is 1.55. The molecular formula is C13H17N5O2S. The predicted molar refractivity (Wildman–Crippen MR) is 82.7 cm³/mol. The lowest BCUT2D eigenvalue weighted by Gasteiger charge is -2.12. The molecule has 2 aromatic rings. The quantitative estimate of drug-likeness (QED) is 0.878. The van der Waals surface area contributed by atoms with E-state index in [1.54, 1.807) is 12.1 Å². The normalized spacial score (nSPS) is 11.4. The van der Waals surface area contributed by atoms with Gasteiger partial charge in [-0.3, -0.25) is 4.72 Å². The first kappa shape index (κ1) is 15.2. The van der Waals surface area contributed by atoms with Crippen molar-refractivity contribution >= 4 is 27.5 Å². The summed E-state index contributed by atoms with van der Waals surface area (Å²) in [4.78, 5) is 0. The van der Waals surface area contributed by atoms with Crippen molar-refractivity contribution in [1.29, 1.82) is 0 Å². The van der Waals surface area contributed by atoms with E-state index in [1.807, 2.05) is 31.2 Å². The van der Waals surface area contributed by atoms with Crippen LogP contribution in [-0.2, 0) is 10.2 Å². The summed E-state index contributed by atoms with van der Waals surface area (Å²) < 4.78 is 26.7. The number of hydrogen-bond acceptors (Lipinski definition) is 5. The van der Waals surface area contributed by atoms with Crippen molar-refractivity contribution in [2.75, 3.05) is 24.1 Å². The van der Waals surface area contributed by atoms with Crippen LogP contribution >= 0.6 is 0 Å². The maximum Gasteiger partial charge on any atom is 0.302 e. The van der Waals surface area contributed by atoms with Gasteiger partial charge in [-0.25, -0.2) is 0 Å². The van der Waals surface area contributed by atoms with Gasteiger partial charge in [-0.05, 0) is 36.8 Å². The van der Waals surface area contributed by atoms with Crippen LogP contribution < -0.4 is 10.0 Å². The molecule has 21 heavy (non-hydrogen) atoms. The molecule has 2 N–H and O–H groups in total. The van der Waals surface area contributed by atoms with Crippen LogP contribution in [0.3, 0.4) is 0 Å². The first-order valence-corrected chi connectivity index (χ1v) is 7.68. The number of aromatic nitrogens is 2. The van der Waals surface area contributed by atoms with Crippen LogP contribution in [0.1, 0.15) is 5.56 Å². The fourth-order valence-corrected chi connectivity index (χ4v) is 2.10. The van der Waals surface area contributed by atoms with Gasteiger partial charge in [0.15, 0.2) is 11.6 Å². The number of rotatable bonds is 5. The van der Waals surface area contributed by atoms with Crippen molar-refractivity contribution in [3.63, 3.8) is 0 Å². The van der Waals surface area contributed by atoms with E-state index in [0.717, 1.165) is 15.6 Å². The molecule has 0 saturated heterocycles. The SMILES string of the molecule is Cc1cccc(Nc2ccc(NS(=O)(=O)N(C)C)nn2)c1. The highest BCUT2D eigenvalue weighted by molar-refractivity contribution is 7.90. The molecule has 1 aromatic carbocycles. The molecule has 0 aliphatic carbocycles. The van der Waals surface area contributed by atoms with Gasteiger partial charge in [-0.2, -0.15) is 12.7 Å². The van der Waals surface area contributed by atoms with Crippen LogP contribution in [0, 0.1) is 6.92 Å². The van der Waals surface area contributed by atoms with Crippen molar-refractivity contribution < 1.29 is 8.42 Å². The Hall–Kier alpha value is -2.19. The third kappa shape index (κ3) is 4.14. The molecule has 0 bridgehead atoms. The summed E-state index contributed by atoms with van der Waals surface area (Å²) in [6, 6.07) is 11.0. The summed E-state index contributed by atoms with van der Waals surface area (Å²) in [7, 11) is -0.700. The second-order valence-electron chi connectivity index (χ2n) is 4.69. The molecule has 0 spiro atoms. The molecule has 0 amide bonds. The highest BCUT2D eigenvalue weighted by Gasteiger charge is 2.13. The van der Waals surface area contributed by atoms with Crippen molar-refractivity contribution in [3.05, 3.63) is 42.0 Å². The summed E-state index contributed by atoms with van der Waals surface area (Å²) in [5, 5.41) is 10.9. The largest absolute Gasteiger partial charge is 0.339 e. The molecule has 8 heteroatoms. The molecule has 0 aliphatic heterocycles. The number of benzene rings is 1. The first-order chi connectivity index (χ1) is 9.87. The lowest BCUT2D eigenvalue weighted by atomic mass is 10.2. The molecule has 0 radical (unpaired) electrons. The molecule has 112 valence electrons. The average Bonchev–Trinajstić information content (AvgIpc) is 2.40. The molecule has 1 heterocycles. The van der Waals surface area contributed by atoms with Gasteiger partial charge in [-0.15, -0.1) is 10.2 Å². The van der Waals surface area contributed by atoms with Gasteiger partial charge in [0.25, 0.3) is 0 Å². The number of anilines is 3. The van der Waals surface area contributed by atoms with Crippen molar-refractivity contribution in [2.24, 2.45) is 0 Å². The minimum Gasteiger partial charge on any atom is -0.339 e. The zero-order valence-corrected chi connectivity index (χ0v) is 12.8. The van der Waals surface area contributed by atoms with Crippen LogP contribution in [0.25, 0.3) is 0 Å². The van der Waals surface area contributed by atoms with Crippen molar-refractivity contribution in [2.45, 2.75) is 6.92 Å². The molecule has 7 nitrogen and oxygen atoms in total. The lowest BCUT2D eigenvalue weighted by molar-refractivity contribution is 0.526. The zero-order valence-electron chi connectivity index (χ0n) is 12.0. The lowest BCUT2D eigenvalue weighted by Crippen LogP contribution is -2.29. The van der Waals surface area contributed by atoms with Gasteiger partial charge >= 0.3 is 10.2 Å². The Morgan fingerprint density at radius 3 is 2.29 bits per heavy atom. The Morgan fingerprint density at radius 2 is 1.71 bits per heavy atom. The summed E-state index contributed by atoms with van der Waals surface area (Å²) >= 11 is 0. The molecule has 0 saturated carbocycles. The second kappa shape index (κ2) is 6.06. The summed E-state index contributed by atoms with van der Waals surface area (Å²) in [5.74, 6) is 0.701. The molecule has 0 unspecified atom stereocenters. The average molecular weight is 307 g/mol. The Kier molecular flexibility index (Phi) is 4.39. The number of nitrogens with one attached hydrogen (secondary N) is 2. The molecule has 0 fully saturated rings. The maximum absolute atomic E-state index is 11.6. The highest BCUT2D eigenvalue weighted by Crippen LogP contribution is 2.16. The monoisotopic (exact) mass is 307 g/mol. The van der Waals surface area contributed by atoms with Gasteiger partial charge in [0, 0.05) is 19.8 Å². The van der Waals surface area contributed by atoms with Gasteiger partial charge in [0.2, 0.25) is 0 Å². The molecule has 2 rings (SSSR count). The molecule has 0 atom stereocenters. The first-order valence-electron chi connectivity index (χ1n) is 6.24. The van der Waals surface area contributed by atoms with Gasteiger partial charge in [0.05, 0.1) is 0 Å². The smallest absolute Gasteiger partial charge is 0.302 e. The standard InChI is InChI=1S/C13H17N5O2S/c1-10-5-4-6-11(9-10)14-12-7-8-13(16-15-12)17-21(19,20)18(2)3/h4-9H,1-3H3,(H,14,15)(H,16,17). The molecule has 1 aromatic heterocycles. The number of aryl methyl sites for hydroxylation is 1. The zero-order chi connectivity index (χ0) is 15.5. The van der Waals surface area contributed by atoms with E-state index in [1.165, 1.54) is 14.1 Å². The summed E-state index contributed by atoms with van der Waals surface area (Å²) in [5.41, 5.74) is 2.02. The van der Waals surface area contributed by atoms with E-state index >= 15 is 0 Å². The minimum atomic E-state index is -3.57. The fraction of sp³-hybridized carbons (Fsp3) is 0.231. The van der Waals surface area contributed by atoms with Crippen LogP contribution in [0.15, 0.2) is 36.4 Å². The number of hydrogen-bond donors (Lipinski definition) is 2. The van der Waals surface area contributed by atoms with Crippen LogP contribution in [0.5, 0.6) is 0 Å². The predicted octanol–water partition coefficient (Wildman–Crippen LogP) is 1.75. The Morgan fingerprint density at radius 1 is 1.05 bits per heavy atom. The van der Waals surface area contributed by atoms with Crippen molar-refractivity contribution in [1.82, 2.24) is 14.5 Å². The third-order valence-electron chi connectivity index (χ3n) is 2.67. The summed E-state index contributed by atoms with van der Waals surface area (Å²) in [6.45, 7) is 2.00. The van der Waals surface area contributed by atoms with Crippen molar-refractivity contribution in [3.8, 4) is 0 Å². The van der Waals surface area contributed by atoms with Gasteiger partial charge in [0.1, 0.15) is 0 Å². The van der Waals surface area contributed by atoms with E-state index in [0.29, 0.717) is 5.82 Å². The van der Waals surface area contributed by atoms with E-state index in [-0.39, 0.29) is 5.82 Å². The van der Waals surface area contributed by atoms with E-state index in [4.69, 9.17) is 0 Å². The van der Waals surface area contributed by atoms with Gasteiger partial charge < -0.3 is 5.32 Å². The Balaban J connectivity index is 2.09. The maximum atomic E-state index is 11.6. The van der Waals surface area contributed by atoms with Crippen LogP contribution in [0.4, 0.5) is 17.3 Å². The van der Waals surface area contributed by atoms with E-state index in [2.05, 4.69) is 20.2 Å². The minimum absolute atomic E-state index is 0.165. The summed E-state index contributed by atoms with van der Waals surface area (Å²) in [6.07, 6.45) is 0. The van der Waals surface area contributed by atoms with Crippen LogP contribution in [-0.4, -0.2) is 37.0 Å². The van der Waals surface area contributed by atoms with E-state index < -0.39 is 10.2 Å². The number of nitrogens with zero attached hydrogens (tertiary/aromatic N) is 3. The van der Waals surface area contributed by atoms with Crippen LogP contribution in [0.2, 0.25) is 0 Å². The molecular weight excluding hydrogens is 290 g/mol.